The minimum atomic E-state index is -1.80. The van der Waals surface area contributed by atoms with Crippen molar-refractivity contribution in [2.75, 3.05) is 13.2 Å². The van der Waals surface area contributed by atoms with Crippen molar-refractivity contribution in [1.29, 1.82) is 0 Å². The number of rotatable bonds is 9. The molecule has 8 heteroatoms. The van der Waals surface area contributed by atoms with Crippen LogP contribution in [0.15, 0.2) is 60.7 Å². The number of nitrogens with zero attached hydrogens (tertiary/aromatic N) is 1. The van der Waals surface area contributed by atoms with Crippen LogP contribution in [0.25, 0.3) is 0 Å². The second kappa shape index (κ2) is 10.4. The van der Waals surface area contributed by atoms with E-state index in [0.717, 1.165) is 0 Å². The Morgan fingerprint density at radius 2 is 1.52 bits per heavy atom. The van der Waals surface area contributed by atoms with E-state index < -0.39 is 52.5 Å². The van der Waals surface area contributed by atoms with Crippen LogP contribution in [0, 0.1) is 21.4 Å². The molecule has 0 aromatic heterocycles. The van der Waals surface area contributed by atoms with Gasteiger partial charge in [-0.1, -0.05) is 60.7 Å². The van der Waals surface area contributed by atoms with Crippen LogP contribution in [0.5, 0.6) is 0 Å². The van der Waals surface area contributed by atoms with Gasteiger partial charge in [-0.05, 0) is 25.0 Å². The minimum Gasteiger partial charge on any atom is -0.466 e. The Kier molecular flexibility index (Phi) is 7.58. The molecule has 8 nitrogen and oxygen atoms in total. The summed E-state index contributed by atoms with van der Waals surface area (Å²) in [6.07, 6.45) is 0.0591. The van der Waals surface area contributed by atoms with Gasteiger partial charge in [0.25, 0.3) is 0 Å². The normalized spacial score (nSPS) is 26.4. The zero-order valence-electron chi connectivity index (χ0n) is 18.6. The number of aldehydes is 1. The molecule has 33 heavy (non-hydrogen) atoms. The first kappa shape index (κ1) is 24.1. The maximum atomic E-state index is 13.6. The summed E-state index contributed by atoms with van der Waals surface area (Å²) in [6.45, 7) is 3.30. The van der Waals surface area contributed by atoms with Gasteiger partial charge < -0.3 is 14.3 Å². The van der Waals surface area contributed by atoms with Crippen molar-refractivity contribution < 1.29 is 28.8 Å². The quantitative estimate of drug-likeness (QED) is 0.247. The molecule has 0 N–H and O–H groups in total. The number of carbonyl (C=O) groups is 3. The number of nitro groups is 1. The van der Waals surface area contributed by atoms with Gasteiger partial charge in [0.2, 0.25) is 6.04 Å². The van der Waals surface area contributed by atoms with E-state index in [-0.39, 0.29) is 13.2 Å². The van der Waals surface area contributed by atoms with Crippen molar-refractivity contribution in [2.24, 2.45) is 11.3 Å². The SMILES string of the molecule is CCOC(=O)C[C@@]1(C(=O)OCC)[C@@H](C=O)[C@H](c2ccccc2)[C@@H]([N+](=O)[O-])[C@@H]1c1ccccc1. The average Bonchev–Trinajstić information content (AvgIpc) is 3.11. The van der Waals surface area contributed by atoms with Gasteiger partial charge in [-0.3, -0.25) is 19.7 Å². The number of esters is 2. The molecule has 1 aliphatic rings. The first-order valence-corrected chi connectivity index (χ1v) is 10.9. The van der Waals surface area contributed by atoms with Gasteiger partial charge >= 0.3 is 11.9 Å². The van der Waals surface area contributed by atoms with Crippen LogP contribution in [0.2, 0.25) is 0 Å². The Bertz CT molecular complexity index is 994. The lowest BCUT2D eigenvalue weighted by molar-refractivity contribution is -0.528. The predicted octanol–water partition coefficient (Wildman–Crippen LogP) is 3.53. The van der Waals surface area contributed by atoms with Gasteiger partial charge in [0.1, 0.15) is 11.7 Å². The molecule has 1 saturated carbocycles. The zero-order chi connectivity index (χ0) is 24.0. The first-order valence-electron chi connectivity index (χ1n) is 10.9. The Labute approximate surface area is 192 Å². The number of hydrogen-bond donors (Lipinski definition) is 0. The van der Waals surface area contributed by atoms with Crippen LogP contribution in [0.3, 0.4) is 0 Å². The monoisotopic (exact) mass is 453 g/mol. The summed E-state index contributed by atoms with van der Waals surface area (Å²) in [6, 6.07) is 15.8. The Hall–Kier alpha value is -3.55. The highest BCUT2D eigenvalue weighted by atomic mass is 16.6. The van der Waals surface area contributed by atoms with E-state index in [1.54, 1.807) is 74.5 Å². The topological polar surface area (TPSA) is 113 Å². The van der Waals surface area contributed by atoms with Gasteiger partial charge in [-0.25, -0.2) is 0 Å². The van der Waals surface area contributed by atoms with Crippen molar-refractivity contribution in [3.8, 4) is 0 Å². The van der Waals surface area contributed by atoms with Gasteiger partial charge in [-0.2, -0.15) is 0 Å². The van der Waals surface area contributed by atoms with Crippen molar-refractivity contribution in [3.63, 3.8) is 0 Å². The summed E-state index contributed by atoms with van der Waals surface area (Å²) in [5.74, 6) is -4.73. The Morgan fingerprint density at radius 1 is 0.970 bits per heavy atom. The lowest BCUT2D eigenvalue weighted by Gasteiger charge is -2.35. The smallest absolute Gasteiger partial charge is 0.314 e. The number of benzene rings is 2. The van der Waals surface area contributed by atoms with Crippen LogP contribution < -0.4 is 0 Å². The summed E-state index contributed by atoms with van der Waals surface area (Å²) >= 11 is 0. The van der Waals surface area contributed by atoms with E-state index in [4.69, 9.17) is 9.47 Å². The highest BCUT2D eigenvalue weighted by Crippen LogP contribution is 2.61. The van der Waals surface area contributed by atoms with E-state index in [2.05, 4.69) is 0 Å². The van der Waals surface area contributed by atoms with Crippen LogP contribution in [0.4, 0.5) is 0 Å². The second-order valence-electron chi connectivity index (χ2n) is 8.01. The Morgan fingerprint density at radius 3 is 2.00 bits per heavy atom. The van der Waals surface area contributed by atoms with Crippen molar-refractivity contribution in [2.45, 2.75) is 38.1 Å². The minimum absolute atomic E-state index is 0.00434. The van der Waals surface area contributed by atoms with Gasteiger partial charge in [0.05, 0.1) is 31.5 Å². The molecule has 174 valence electrons. The van der Waals surface area contributed by atoms with E-state index in [1.165, 1.54) is 0 Å². The summed E-state index contributed by atoms with van der Waals surface area (Å²) in [5, 5.41) is 12.5. The van der Waals surface area contributed by atoms with Crippen molar-refractivity contribution in [1.82, 2.24) is 0 Å². The van der Waals surface area contributed by atoms with E-state index in [9.17, 15) is 24.5 Å². The summed E-state index contributed by atoms with van der Waals surface area (Å²) in [4.78, 5) is 51.1. The Balaban J connectivity index is 2.35. The molecule has 0 bridgehead atoms. The van der Waals surface area contributed by atoms with E-state index in [0.29, 0.717) is 17.4 Å². The molecule has 2 aromatic rings. The molecule has 3 rings (SSSR count). The maximum Gasteiger partial charge on any atom is 0.314 e. The van der Waals surface area contributed by atoms with Crippen LogP contribution in [-0.2, 0) is 23.9 Å². The number of ether oxygens (including phenoxy) is 2. The van der Waals surface area contributed by atoms with Gasteiger partial charge in [0, 0.05) is 10.8 Å². The third-order valence-corrected chi connectivity index (χ3v) is 6.38. The zero-order valence-corrected chi connectivity index (χ0v) is 18.6. The fraction of sp³-hybridized carbons (Fsp3) is 0.400. The van der Waals surface area contributed by atoms with Crippen LogP contribution in [-0.4, -0.2) is 42.4 Å². The summed E-state index contributed by atoms with van der Waals surface area (Å²) < 4.78 is 10.5. The lowest BCUT2D eigenvalue weighted by atomic mass is 9.66. The molecule has 2 aromatic carbocycles. The highest BCUT2D eigenvalue weighted by molar-refractivity contribution is 5.89. The molecule has 5 atom stereocenters. The average molecular weight is 453 g/mol. The molecule has 1 aliphatic carbocycles. The predicted molar refractivity (Wildman–Crippen MR) is 119 cm³/mol. The standard InChI is InChI=1S/C25H27NO7/c1-3-32-20(28)15-25(24(29)33-4-2)19(16-27)21(17-11-7-5-8-12-17)23(26(30)31)22(25)18-13-9-6-10-14-18/h5-14,16,19,21-23H,3-4,15H2,1-2H3/t19-,21-,22-,23+,25+/m0/s1. The van der Waals surface area contributed by atoms with Gasteiger partial charge in [-0.15, -0.1) is 0 Å². The molecule has 0 spiro atoms. The van der Waals surface area contributed by atoms with Crippen LogP contribution in [0.1, 0.15) is 43.2 Å². The molecule has 0 unspecified atom stereocenters. The fourth-order valence-corrected chi connectivity index (χ4v) is 5.23. The lowest BCUT2D eigenvalue weighted by Crippen LogP contribution is -2.45. The van der Waals surface area contributed by atoms with E-state index in [1.807, 2.05) is 0 Å². The third kappa shape index (κ3) is 4.37. The fourth-order valence-electron chi connectivity index (χ4n) is 5.23. The molecule has 0 heterocycles. The maximum absolute atomic E-state index is 13.6. The van der Waals surface area contributed by atoms with Crippen molar-refractivity contribution in [3.05, 3.63) is 81.9 Å². The third-order valence-electron chi connectivity index (χ3n) is 6.38. The molecule has 0 radical (unpaired) electrons. The summed E-state index contributed by atoms with van der Waals surface area (Å²) in [5.41, 5.74) is -0.766. The molecule has 0 aliphatic heterocycles. The molecule has 0 amide bonds. The highest BCUT2D eigenvalue weighted by Gasteiger charge is 2.70. The van der Waals surface area contributed by atoms with Gasteiger partial charge in [0.15, 0.2) is 0 Å². The first-order chi connectivity index (χ1) is 15.9. The van der Waals surface area contributed by atoms with E-state index >= 15 is 0 Å². The van der Waals surface area contributed by atoms with Crippen LogP contribution >= 0.6 is 0 Å². The number of hydrogen-bond acceptors (Lipinski definition) is 7. The molecule has 0 saturated heterocycles. The molecule has 1 fully saturated rings. The number of carbonyl (C=O) groups excluding carboxylic acids is 3. The molecular weight excluding hydrogens is 426 g/mol. The molecular formula is C25H27NO7. The second-order valence-corrected chi connectivity index (χ2v) is 8.01. The largest absolute Gasteiger partial charge is 0.466 e. The van der Waals surface area contributed by atoms with Crippen molar-refractivity contribution >= 4 is 18.2 Å². The summed E-state index contributed by atoms with van der Waals surface area (Å²) in [7, 11) is 0.